The first-order valence-electron chi connectivity index (χ1n) is 10.4. The molecule has 4 rings (SSSR count). The average molecular weight is 462 g/mol. The van der Waals surface area contributed by atoms with Crippen molar-refractivity contribution in [1.29, 1.82) is 0 Å². The smallest absolute Gasteiger partial charge is 0.340 e. The molecule has 0 N–H and O–H groups in total. The number of hydrogen-bond acceptors (Lipinski definition) is 7. The summed E-state index contributed by atoms with van der Waals surface area (Å²) in [6.07, 6.45) is 0. The van der Waals surface area contributed by atoms with Crippen molar-refractivity contribution in [2.24, 2.45) is 0 Å². The molecule has 0 bridgehead atoms. The average Bonchev–Trinajstić information content (AvgIpc) is 3.34. The van der Waals surface area contributed by atoms with Gasteiger partial charge in [-0.15, -0.1) is 0 Å². The third-order valence-corrected chi connectivity index (χ3v) is 5.45. The predicted molar refractivity (Wildman–Crippen MR) is 124 cm³/mol. The van der Waals surface area contributed by atoms with E-state index in [1.165, 1.54) is 20.3 Å². The Kier molecular flexibility index (Phi) is 6.70. The SMILES string of the molecule is COCc1cc(-c2nc(-c3cc(F)c(C(=O)OC)cc3OC)no2)ccc1-c1ccccc1C. The fourth-order valence-corrected chi connectivity index (χ4v) is 3.75. The van der Waals surface area contributed by atoms with Gasteiger partial charge in [0.05, 0.1) is 32.0 Å². The molecule has 4 aromatic rings. The van der Waals surface area contributed by atoms with Gasteiger partial charge in [-0.25, -0.2) is 9.18 Å². The van der Waals surface area contributed by atoms with E-state index in [4.69, 9.17) is 14.0 Å². The largest absolute Gasteiger partial charge is 0.496 e. The number of halogens is 1. The lowest BCUT2D eigenvalue weighted by molar-refractivity contribution is 0.0595. The standard InChI is InChI=1S/C26H23FN2O5/c1-15-7-5-6-8-18(15)19-10-9-16(11-17(19)14-31-2)25-28-24(29-34-25)21-12-22(27)20(26(30)33-4)13-23(21)32-3/h5-13H,14H2,1-4H3. The zero-order valence-electron chi connectivity index (χ0n) is 19.2. The normalized spacial score (nSPS) is 10.9. The van der Waals surface area contributed by atoms with Crippen LogP contribution in [0.3, 0.4) is 0 Å². The van der Waals surface area contributed by atoms with Crippen molar-refractivity contribution in [3.8, 4) is 39.7 Å². The van der Waals surface area contributed by atoms with Gasteiger partial charge >= 0.3 is 5.97 Å². The Morgan fingerprint density at radius 1 is 1.00 bits per heavy atom. The Bertz CT molecular complexity index is 1350. The first-order chi connectivity index (χ1) is 16.5. The molecule has 0 saturated heterocycles. The maximum Gasteiger partial charge on any atom is 0.340 e. The highest BCUT2D eigenvalue weighted by Crippen LogP contribution is 2.34. The fraction of sp³-hybridized carbons (Fsp3) is 0.192. The summed E-state index contributed by atoms with van der Waals surface area (Å²) in [4.78, 5) is 16.2. The maximum atomic E-state index is 14.5. The zero-order valence-corrected chi connectivity index (χ0v) is 19.2. The molecule has 34 heavy (non-hydrogen) atoms. The summed E-state index contributed by atoms with van der Waals surface area (Å²) < 4.78 is 35.4. The molecule has 3 aromatic carbocycles. The molecular formula is C26H23FN2O5. The molecule has 0 spiro atoms. The highest BCUT2D eigenvalue weighted by atomic mass is 19.1. The Labute approximate surface area is 196 Å². The van der Waals surface area contributed by atoms with Gasteiger partial charge in [-0.05, 0) is 53.4 Å². The number of benzene rings is 3. The van der Waals surface area contributed by atoms with E-state index < -0.39 is 11.8 Å². The first-order valence-corrected chi connectivity index (χ1v) is 10.4. The van der Waals surface area contributed by atoms with Gasteiger partial charge in [-0.2, -0.15) is 4.98 Å². The number of carbonyl (C=O) groups is 1. The molecule has 0 radical (unpaired) electrons. The molecule has 0 aliphatic heterocycles. The van der Waals surface area contributed by atoms with Crippen molar-refractivity contribution >= 4 is 5.97 Å². The Hall–Kier alpha value is -4.04. The van der Waals surface area contributed by atoms with E-state index in [9.17, 15) is 9.18 Å². The molecule has 174 valence electrons. The van der Waals surface area contributed by atoms with Gasteiger partial charge < -0.3 is 18.7 Å². The molecule has 8 heteroatoms. The summed E-state index contributed by atoms with van der Waals surface area (Å²) in [6.45, 7) is 2.45. The van der Waals surface area contributed by atoms with Gasteiger partial charge in [0, 0.05) is 12.7 Å². The van der Waals surface area contributed by atoms with Crippen LogP contribution in [0.1, 0.15) is 21.5 Å². The number of ether oxygens (including phenoxy) is 3. The lowest BCUT2D eigenvalue weighted by Gasteiger charge is -2.12. The third-order valence-electron chi connectivity index (χ3n) is 5.45. The van der Waals surface area contributed by atoms with Crippen molar-refractivity contribution in [2.45, 2.75) is 13.5 Å². The van der Waals surface area contributed by atoms with E-state index in [2.05, 4.69) is 33.9 Å². The van der Waals surface area contributed by atoms with Crippen molar-refractivity contribution in [3.63, 3.8) is 0 Å². The summed E-state index contributed by atoms with van der Waals surface area (Å²) in [6, 6.07) is 16.3. The lowest BCUT2D eigenvalue weighted by Crippen LogP contribution is -2.06. The zero-order chi connectivity index (χ0) is 24.2. The van der Waals surface area contributed by atoms with E-state index >= 15 is 0 Å². The van der Waals surface area contributed by atoms with Gasteiger partial charge in [0.25, 0.3) is 5.89 Å². The minimum Gasteiger partial charge on any atom is -0.496 e. The highest BCUT2D eigenvalue weighted by Gasteiger charge is 2.21. The van der Waals surface area contributed by atoms with Crippen molar-refractivity contribution in [2.75, 3.05) is 21.3 Å². The van der Waals surface area contributed by atoms with Gasteiger partial charge in [-0.1, -0.05) is 35.5 Å². The minimum absolute atomic E-state index is 0.124. The molecule has 1 aromatic heterocycles. The summed E-state index contributed by atoms with van der Waals surface area (Å²) in [7, 11) is 4.22. The minimum atomic E-state index is -0.810. The quantitative estimate of drug-likeness (QED) is 0.337. The molecule has 0 fully saturated rings. The van der Waals surface area contributed by atoms with Crippen molar-refractivity contribution in [1.82, 2.24) is 10.1 Å². The Balaban J connectivity index is 1.74. The summed E-state index contributed by atoms with van der Waals surface area (Å²) in [5.74, 6) is -1.000. The van der Waals surface area contributed by atoms with Crippen LogP contribution in [0.4, 0.5) is 4.39 Å². The Morgan fingerprint density at radius 2 is 1.79 bits per heavy atom. The van der Waals surface area contributed by atoms with Crippen LogP contribution in [-0.4, -0.2) is 37.4 Å². The van der Waals surface area contributed by atoms with Crippen LogP contribution >= 0.6 is 0 Å². The highest BCUT2D eigenvalue weighted by molar-refractivity contribution is 5.91. The van der Waals surface area contributed by atoms with Crippen LogP contribution in [0.5, 0.6) is 5.75 Å². The van der Waals surface area contributed by atoms with Gasteiger partial charge in [-0.3, -0.25) is 0 Å². The number of rotatable bonds is 7. The van der Waals surface area contributed by atoms with Crippen LogP contribution < -0.4 is 4.74 Å². The van der Waals surface area contributed by atoms with E-state index in [1.54, 1.807) is 7.11 Å². The second kappa shape index (κ2) is 9.84. The number of carbonyl (C=O) groups excluding carboxylic acids is 1. The van der Waals surface area contributed by atoms with Crippen LogP contribution in [0, 0.1) is 12.7 Å². The second-order valence-electron chi connectivity index (χ2n) is 7.57. The number of aryl methyl sites for hydroxylation is 1. The summed E-state index contributed by atoms with van der Waals surface area (Å²) in [5, 5.41) is 4.00. The topological polar surface area (TPSA) is 83.7 Å². The molecule has 0 atom stereocenters. The molecule has 1 heterocycles. The van der Waals surface area contributed by atoms with Gasteiger partial charge in [0.1, 0.15) is 11.6 Å². The monoisotopic (exact) mass is 462 g/mol. The second-order valence-corrected chi connectivity index (χ2v) is 7.57. The van der Waals surface area contributed by atoms with Gasteiger partial charge in [0.2, 0.25) is 5.82 Å². The fourth-order valence-electron chi connectivity index (χ4n) is 3.75. The number of aromatic nitrogens is 2. The molecule has 0 amide bonds. The maximum absolute atomic E-state index is 14.5. The lowest BCUT2D eigenvalue weighted by atomic mass is 9.94. The van der Waals surface area contributed by atoms with Crippen LogP contribution in [0.25, 0.3) is 34.0 Å². The van der Waals surface area contributed by atoms with E-state index in [1.807, 2.05) is 30.3 Å². The van der Waals surface area contributed by atoms with Gasteiger partial charge in [0.15, 0.2) is 0 Å². The number of methoxy groups -OCH3 is 3. The van der Waals surface area contributed by atoms with Crippen molar-refractivity contribution in [3.05, 3.63) is 77.1 Å². The molecule has 0 aliphatic carbocycles. The third kappa shape index (κ3) is 4.40. The first kappa shape index (κ1) is 23.1. The molecule has 0 aliphatic rings. The number of hydrogen-bond donors (Lipinski definition) is 0. The van der Waals surface area contributed by atoms with E-state index in [0.29, 0.717) is 12.2 Å². The Morgan fingerprint density at radius 3 is 2.50 bits per heavy atom. The number of esters is 1. The van der Waals surface area contributed by atoms with E-state index in [0.717, 1.165) is 28.3 Å². The predicted octanol–water partition coefficient (Wildman–Crippen LogP) is 5.46. The number of nitrogens with zero attached hydrogens (tertiary/aromatic N) is 2. The van der Waals surface area contributed by atoms with Crippen molar-refractivity contribution < 1.29 is 27.9 Å². The van der Waals surface area contributed by atoms with E-state index in [-0.39, 0.29) is 28.6 Å². The molecular weight excluding hydrogens is 439 g/mol. The van der Waals surface area contributed by atoms with Crippen LogP contribution in [-0.2, 0) is 16.1 Å². The molecule has 7 nitrogen and oxygen atoms in total. The molecule has 0 saturated carbocycles. The molecule has 0 unspecified atom stereocenters. The summed E-state index contributed by atoms with van der Waals surface area (Å²) in [5.41, 5.74) is 4.95. The summed E-state index contributed by atoms with van der Waals surface area (Å²) >= 11 is 0. The van der Waals surface area contributed by atoms with Crippen LogP contribution in [0.2, 0.25) is 0 Å². The van der Waals surface area contributed by atoms with Crippen LogP contribution in [0.15, 0.2) is 59.1 Å².